The number of carbonyl (C=O) groups excluding carboxylic acids is 1. The van der Waals surface area contributed by atoms with Gasteiger partial charge in [0.25, 0.3) is 0 Å². The molecule has 7 heteroatoms. The number of hydrogen-bond donors (Lipinski definition) is 1. The van der Waals surface area contributed by atoms with Crippen molar-refractivity contribution in [2.75, 3.05) is 36.5 Å². The summed E-state index contributed by atoms with van der Waals surface area (Å²) in [5.74, 6) is 1.44. The highest BCUT2D eigenvalue weighted by Crippen LogP contribution is 2.25. The van der Waals surface area contributed by atoms with Gasteiger partial charge in [-0.2, -0.15) is 0 Å². The second-order valence-electron chi connectivity index (χ2n) is 7.50. The number of imidazole rings is 1. The van der Waals surface area contributed by atoms with Gasteiger partial charge >= 0.3 is 0 Å². The number of ether oxygens (including phenoxy) is 1. The van der Waals surface area contributed by atoms with Gasteiger partial charge in [-0.25, -0.2) is 9.97 Å². The van der Waals surface area contributed by atoms with E-state index in [2.05, 4.69) is 39.5 Å². The summed E-state index contributed by atoms with van der Waals surface area (Å²) in [6, 6.07) is 14.3. The van der Waals surface area contributed by atoms with Gasteiger partial charge in [-0.1, -0.05) is 42.5 Å². The third kappa shape index (κ3) is 3.48. The lowest BCUT2D eigenvalue weighted by atomic mass is 10.0. The summed E-state index contributed by atoms with van der Waals surface area (Å²) in [4.78, 5) is 24.2. The van der Waals surface area contributed by atoms with Crippen LogP contribution < -0.4 is 10.2 Å². The summed E-state index contributed by atoms with van der Waals surface area (Å²) in [5.41, 5.74) is 2.50. The van der Waals surface area contributed by atoms with Gasteiger partial charge in [-0.15, -0.1) is 0 Å². The largest absolute Gasteiger partial charge is 0.378 e. The molecule has 0 bridgehead atoms. The maximum absolute atomic E-state index is 12.8. The number of rotatable bonds is 4. The fraction of sp³-hybridized carbons (Fsp3) is 0.261. The maximum Gasteiger partial charge on any atom is 0.229 e. The molecular formula is C23H23N5O2. The van der Waals surface area contributed by atoms with E-state index in [0.717, 1.165) is 41.2 Å². The lowest BCUT2D eigenvalue weighted by molar-refractivity contribution is -0.115. The lowest BCUT2D eigenvalue weighted by Crippen LogP contribution is -2.37. The van der Waals surface area contributed by atoms with Gasteiger partial charge in [-0.05, 0) is 23.3 Å². The number of carbonyl (C=O) groups is 1. The van der Waals surface area contributed by atoms with Crippen molar-refractivity contribution in [3.63, 3.8) is 0 Å². The van der Waals surface area contributed by atoms with Gasteiger partial charge in [0.1, 0.15) is 5.82 Å². The minimum atomic E-state index is -0.0695. The van der Waals surface area contributed by atoms with Crippen molar-refractivity contribution in [1.82, 2.24) is 14.4 Å². The van der Waals surface area contributed by atoms with Crippen LogP contribution in [0.15, 0.2) is 54.9 Å². The molecule has 1 fully saturated rings. The Morgan fingerprint density at radius 1 is 1.13 bits per heavy atom. The number of benzene rings is 2. The van der Waals surface area contributed by atoms with Crippen molar-refractivity contribution in [2.24, 2.45) is 0 Å². The highest BCUT2D eigenvalue weighted by molar-refractivity contribution is 5.94. The molecule has 1 amide bonds. The molecule has 0 unspecified atom stereocenters. The summed E-state index contributed by atoms with van der Waals surface area (Å²) < 4.78 is 7.35. The number of fused-ring (bicyclic) bond motifs is 2. The molecule has 0 saturated carbocycles. The molecule has 1 N–H and O–H groups in total. The van der Waals surface area contributed by atoms with Crippen LogP contribution in [0.4, 0.5) is 11.6 Å². The Labute approximate surface area is 174 Å². The molecule has 1 saturated heterocycles. The van der Waals surface area contributed by atoms with E-state index in [1.165, 1.54) is 5.39 Å². The summed E-state index contributed by atoms with van der Waals surface area (Å²) in [7, 11) is 0. The van der Waals surface area contributed by atoms with E-state index < -0.39 is 0 Å². The number of nitrogens with zero attached hydrogens (tertiary/aromatic N) is 4. The second kappa shape index (κ2) is 7.76. The summed E-state index contributed by atoms with van der Waals surface area (Å²) in [5, 5.41) is 5.35. The first-order valence-corrected chi connectivity index (χ1v) is 10.1. The molecular weight excluding hydrogens is 378 g/mol. The summed E-state index contributed by atoms with van der Waals surface area (Å²) in [6.07, 6.45) is 3.89. The van der Waals surface area contributed by atoms with Crippen molar-refractivity contribution in [2.45, 2.75) is 13.3 Å². The fourth-order valence-electron chi connectivity index (χ4n) is 3.94. The first-order valence-electron chi connectivity index (χ1n) is 10.1. The second-order valence-corrected chi connectivity index (χ2v) is 7.50. The van der Waals surface area contributed by atoms with Crippen molar-refractivity contribution in [1.29, 1.82) is 0 Å². The Balaban J connectivity index is 1.40. The predicted molar refractivity (Wildman–Crippen MR) is 117 cm³/mol. The third-order valence-corrected chi connectivity index (χ3v) is 5.44. The van der Waals surface area contributed by atoms with E-state index >= 15 is 0 Å². The summed E-state index contributed by atoms with van der Waals surface area (Å²) in [6.45, 7) is 4.82. The quantitative estimate of drug-likeness (QED) is 0.569. The third-order valence-electron chi connectivity index (χ3n) is 5.44. The molecule has 0 aliphatic carbocycles. The molecule has 3 heterocycles. The highest BCUT2D eigenvalue weighted by atomic mass is 16.5. The average molecular weight is 401 g/mol. The van der Waals surface area contributed by atoms with Gasteiger partial charge in [0.2, 0.25) is 5.91 Å². The molecule has 30 heavy (non-hydrogen) atoms. The molecule has 1 aliphatic rings. The van der Waals surface area contributed by atoms with E-state index in [1.54, 1.807) is 6.20 Å². The number of aromatic nitrogens is 3. The van der Waals surface area contributed by atoms with Gasteiger partial charge in [0.15, 0.2) is 11.5 Å². The van der Waals surface area contributed by atoms with Crippen LogP contribution in [-0.2, 0) is 16.0 Å². The Hall–Kier alpha value is -3.45. The molecule has 2 aromatic carbocycles. The van der Waals surface area contributed by atoms with Crippen LogP contribution >= 0.6 is 0 Å². The molecule has 5 rings (SSSR count). The number of hydrogen-bond acceptors (Lipinski definition) is 5. The smallest absolute Gasteiger partial charge is 0.229 e. The minimum Gasteiger partial charge on any atom is -0.378 e. The van der Waals surface area contributed by atoms with Gasteiger partial charge in [0, 0.05) is 25.5 Å². The number of anilines is 2. The van der Waals surface area contributed by atoms with Crippen LogP contribution in [0.1, 0.15) is 11.3 Å². The van der Waals surface area contributed by atoms with Crippen LogP contribution in [0.25, 0.3) is 16.4 Å². The van der Waals surface area contributed by atoms with Crippen LogP contribution in [0, 0.1) is 6.92 Å². The molecule has 7 nitrogen and oxygen atoms in total. The van der Waals surface area contributed by atoms with Gasteiger partial charge < -0.3 is 15.0 Å². The Morgan fingerprint density at radius 2 is 1.93 bits per heavy atom. The molecule has 152 valence electrons. The minimum absolute atomic E-state index is 0.0695. The Kier molecular flexibility index (Phi) is 4.80. The Bertz CT molecular complexity index is 1230. The van der Waals surface area contributed by atoms with Crippen molar-refractivity contribution < 1.29 is 9.53 Å². The van der Waals surface area contributed by atoms with Crippen molar-refractivity contribution in [3.8, 4) is 0 Å². The van der Waals surface area contributed by atoms with E-state index in [4.69, 9.17) is 9.72 Å². The van der Waals surface area contributed by atoms with E-state index in [9.17, 15) is 4.79 Å². The number of amides is 1. The first-order chi connectivity index (χ1) is 14.7. The predicted octanol–water partition coefficient (Wildman–Crippen LogP) is 3.21. The first kappa shape index (κ1) is 18.6. The van der Waals surface area contributed by atoms with Crippen LogP contribution in [0.3, 0.4) is 0 Å². The van der Waals surface area contributed by atoms with Gasteiger partial charge in [0.05, 0.1) is 25.3 Å². The zero-order chi connectivity index (χ0) is 20.5. The zero-order valence-electron chi connectivity index (χ0n) is 16.8. The van der Waals surface area contributed by atoms with Crippen molar-refractivity contribution in [3.05, 3.63) is 66.1 Å². The topological polar surface area (TPSA) is 71.8 Å². The normalized spacial score (nSPS) is 14.4. The monoisotopic (exact) mass is 401 g/mol. The number of nitrogens with one attached hydrogen (secondary N) is 1. The number of aryl methyl sites for hydroxylation is 1. The van der Waals surface area contributed by atoms with Crippen LogP contribution in [-0.4, -0.2) is 46.6 Å². The van der Waals surface area contributed by atoms with E-state index in [-0.39, 0.29) is 5.91 Å². The molecule has 4 aromatic rings. The molecule has 0 spiro atoms. The SMILES string of the molecule is Cc1nc2c(N3CCOCC3)nccn2c1NC(=O)Cc1ccc2ccccc2c1. The van der Waals surface area contributed by atoms with E-state index in [1.807, 2.05) is 35.7 Å². The lowest BCUT2D eigenvalue weighted by Gasteiger charge is -2.27. The molecule has 0 radical (unpaired) electrons. The molecule has 1 aliphatic heterocycles. The zero-order valence-corrected chi connectivity index (χ0v) is 16.8. The maximum atomic E-state index is 12.8. The van der Waals surface area contributed by atoms with Crippen molar-refractivity contribution >= 4 is 34.0 Å². The number of morpholine rings is 1. The standard InChI is InChI=1S/C23H23N5O2/c1-16-21(26-20(29)15-17-6-7-18-4-2-3-5-19(18)14-17)28-9-8-24-22(23(28)25-16)27-10-12-30-13-11-27/h2-9,14H,10-13,15H2,1H3,(H,26,29). The van der Waals surface area contributed by atoms with E-state index in [0.29, 0.717) is 25.5 Å². The summed E-state index contributed by atoms with van der Waals surface area (Å²) >= 11 is 0. The Morgan fingerprint density at radius 3 is 2.77 bits per heavy atom. The fourth-order valence-corrected chi connectivity index (χ4v) is 3.94. The van der Waals surface area contributed by atoms with Gasteiger partial charge in [-0.3, -0.25) is 9.20 Å². The average Bonchev–Trinajstić information content (AvgIpc) is 3.09. The molecule has 0 atom stereocenters. The highest BCUT2D eigenvalue weighted by Gasteiger charge is 2.20. The molecule has 2 aromatic heterocycles. The van der Waals surface area contributed by atoms with Crippen LogP contribution in [0.2, 0.25) is 0 Å². The van der Waals surface area contributed by atoms with Crippen LogP contribution in [0.5, 0.6) is 0 Å².